The largest absolute Gasteiger partial charge is 0.364 e. The number of amides is 1. The lowest BCUT2D eigenvalue weighted by Gasteiger charge is -2.12. The molecule has 2 heterocycles. The highest BCUT2D eigenvalue weighted by atomic mass is 32.2. The van der Waals surface area contributed by atoms with Crippen LogP contribution in [0.3, 0.4) is 0 Å². The van der Waals surface area contributed by atoms with E-state index < -0.39 is 15.9 Å². The number of nitrogens with zero attached hydrogens (tertiary/aromatic N) is 1. The molecule has 0 saturated heterocycles. The highest BCUT2D eigenvalue weighted by Gasteiger charge is 2.20. The van der Waals surface area contributed by atoms with Crippen molar-refractivity contribution in [3.05, 3.63) is 47.5 Å². The monoisotopic (exact) mass is 365 g/mol. The molecule has 3 N–H and O–H groups in total. The molecular formula is C15H15N3O4S2. The van der Waals surface area contributed by atoms with Gasteiger partial charge in [-0.3, -0.25) is 9.52 Å². The molecule has 3 rings (SSSR count). The molecule has 1 aromatic carbocycles. The fourth-order valence-electron chi connectivity index (χ4n) is 2.49. The third kappa shape index (κ3) is 2.88. The number of hydrogen-bond donors (Lipinski definition) is 2. The van der Waals surface area contributed by atoms with Gasteiger partial charge in [-0.05, 0) is 23.6 Å². The van der Waals surface area contributed by atoms with Gasteiger partial charge in [0.05, 0.1) is 11.2 Å². The predicted octanol–water partition coefficient (Wildman–Crippen LogP) is 2.21. The van der Waals surface area contributed by atoms with E-state index >= 15 is 0 Å². The van der Waals surface area contributed by atoms with Gasteiger partial charge in [0, 0.05) is 12.5 Å². The van der Waals surface area contributed by atoms with Gasteiger partial charge in [-0.2, -0.15) is 0 Å². The number of hydrogen-bond acceptors (Lipinski definition) is 5. The van der Waals surface area contributed by atoms with Gasteiger partial charge in [0.1, 0.15) is 16.6 Å². The normalized spacial score (nSPS) is 11.7. The number of thiophene rings is 1. The van der Waals surface area contributed by atoms with Crippen LogP contribution in [0.1, 0.15) is 10.5 Å². The lowest BCUT2D eigenvalue weighted by Crippen LogP contribution is -2.18. The van der Waals surface area contributed by atoms with Crippen LogP contribution in [0.25, 0.3) is 10.9 Å². The van der Waals surface area contributed by atoms with Gasteiger partial charge in [0.15, 0.2) is 0 Å². The second-order valence-corrected chi connectivity index (χ2v) is 7.88. The number of methoxy groups -OCH3 is 1. The van der Waals surface area contributed by atoms with Crippen LogP contribution in [-0.2, 0) is 21.5 Å². The number of anilines is 1. The Bertz CT molecular complexity index is 991. The average Bonchev–Trinajstić information content (AvgIpc) is 3.16. The van der Waals surface area contributed by atoms with Gasteiger partial charge in [-0.15, -0.1) is 11.3 Å². The van der Waals surface area contributed by atoms with Crippen molar-refractivity contribution in [2.24, 2.45) is 5.73 Å². The second-order valence-electron chi connectivity index (χ2n) is 5.02. The summed E-state index contributed by atoms with van der Waals surface area (Å²) in [4.78, 5) is 11.7. The van der Waals surface area contributed by atoms with Crippen LogP contribution < -0.4 is 10.5 Å². The molecule has 0 saturated carbocycles. The average molecular weight is 365 g/mol. The van der Waals surface area contributed by atoms with E-state index in [1.165, 1.54) is 13.2 Å². The predicted molar refractivity (Wildman–Crippen MR) is 92.6 cm³/mol. The molecule has 2 aromatic heterocycles. The number of nitrogens with one attached hydrogen (secondary N) is 1. The second kappa shape index (κ2) is 6.27. The maximum Gasteiger partial charge on any atom is 0.271 e. The number of aromatic nitrogens is 1. The van der Waals surface area contributed by atoms with Crippen LogP contribution in [0, 0.1) is 0 Å². The van der Waals surface area contributed by atoms with Crippen molar-refractivity contribution < 1.29 is 17.9 Å². The molecule has 3 aromatic rings. The lowest BCUT2D eigenvalue weighted by atomic mass is 10.2. The molecule has 24 heavy (non-hydrogen) atoms. The zero-order valence-electron chi connectivity index (χ0n) is 12.7. The van der Waals surface area contributed by atoms with E-state index in [4.69, 9.17) is 10.5 Å². The van der Waals surface area contributed by atoms with E-state index in [9.17, 15) is 13.2 Å². The molecule has 0 aliphatic carbocycles. The summed E-state index contributed by atoms with van der Waals surface area (Å²) in [5.41, 5.74) is 6.54. The first-order valence-electron chi connectivity index (χ1n) is 6.91. The quantitative estimate of drug-likeness (QED) is 0.699. The summed E-state index contributed by atoms with van der Waals surface area (Å²) in [6.07, 6.45) is 0. The van der Waals surface area contributed by atoms with Crippen LogP contribution in [0.5, 0.6) is 0 Å². The van der Waals surface area contributed by atoms with E-state index in [1.54, 1.807) is 40.3 Å². The summed E-state index contributed by atoms with van der Waals surface area (Å²) < 4.78 is 34.4. The van der Waals surface area contributed by atoms with Crippen LogP contribution in [0.4, 0.5) is 5.69 Å². The van der Waals surface area contributed by atoms with Crippen molar-refractivity contribution in [3.63, 3.8) is 0 Å². The van der Waals surface area contributed by atoms with Crippen LogP contribution in [0.2, 0.25) is 0 Å². The number of primary amides is 1. The summed E-state index contributed by atoms with van der Waals surface area (Å²) in [6, 6.07) is 9.91. The first kappa shape index (κ1) is 16.5. The van der Waals surface area contributed by atoms with Gasteiger partial charge < -0.3 is 15.0 Å². The summed E-state index contributed by atoms with van der Waals surface area (Å²) >= 11 is 1.12. The summed E-state index contributed by atoms with van der Waals surface area (Å²) in [5, 5.41) is 2.38. The van der Waals surface area contributed by atoms with E-state index in [-0.39, 0.29) is 16.6 Å². The number of carbonyl (C=O) groups excluding carboxylic acids is 1. The molecule has 0 unspecified atom stereocenters. The molecule has 0 radical (unpaired) electrons. The van der Waals surface area contributed by atoms with Gasteiger partial charge in [0.25, 0.3) is 15.9 Å². The van der Waals surface area contributed by atoms with Gasteiger partial charge in [0.2, 0.25) is 0 Å². The summed E-state index contributed by atoms with van der Waals surface area (Å²) in [7, 11) is -2.22. The fraction of sp³-hybridized carbons (Fsp3) is 0.133. The Hall–Kier alpha value is -2.36. The first-order valence-corrected chi connectivity index (χ1v) is 9.27. The Balaban J connectivity index is 2.17. The summed E-state index contributed by atoms with van der Waals surface area (Å²) in [6.45, 7) is 0.0690. The Kier molecular flexibility index (Phi) is 4.31. The first-order chi connectivity index (χ1) is 11.4. The zero-order valence-corrected chi connectivity index (χ0v) is 14.4. The number of rotatable bonds is 6. The Labute approximate surface area is 142 Å². The Morgan fingerprint density at radius 1 is 1.33 bits per heavy atom. The van der Waals surface area contributed by atoms with Crippen molar-refractivity contribution in [2.45, 2.75) is 10.9 Å². The molecule has 7 nitrogen and oxygen atoms in total. The Morgan fingerprint density at radius 3 is 2.75 bits per heavy atom. The van der Waals surface area contributed by atoms with Gasteiger partial charge in [-0.25, -0.2) is 8.42 Å². The molecule has 0 bridgehead atoms. The maximum atomic E-state index is 12.5. The van der Waals surface area contributed by atoms with Crippen LogP contribution in [-0.4, -0.2) is 26.0 Å². The highest BCUT2D eigenvalue weighted by Crippen LogP contribution is 2.30. The van der Waals surface area contributed by atoms with Gasteiger partial charge in [-0.1, -0.05) is 18.2 Å². The standard InChI is InChI=1S/C15H15N3O4S2/c1-22-9-18-12(15(16)19)8-10-4-2-5-11(14(10)18)17-24(20,21)13-6-3-7-23-13/h2-8,17H,9H2,1H3,(H2,16,19). The molecule has 1 amide bonds. The molecule has 0 atom stereocenters. The number of benzene rings is 1. The highest BCUT2D eigenvalue weighted by molar-refractivity contribution is 7.94. The Morgan fingerprint density at radius 2 is 2.12 bits per heavy atom. The van der Waals surface area contributed by atoms with Crippen LogP contribution in [0.15, 0.2) is 46.0 Å². The van der Waals surface area contributed by atoms with E-state index in [2.05, 4.69) is 4.72 Å². The maximum absolute atomic E-state index is 12.5. The van der Waals surface area contributed by atoms with Gasteiger partial charge >= 0.3 is 0 Å². The number of para-hydroxylation sites is 1. The molecule has 0 fully saturated rings. The molecular weight excluding hydrogens is 350 g/mol. The molecule has 126 valence electrons. The van der Waals surface area contributed by atoms with Crippen molar-refractivity contribution in [3.8, 4) is 0 Å². The third-order valence-corrected chi connectivity index (χ3v) is 6.20. The summed E-state index contributed by atoms with van der Waals surface area (Å²) in [5.74, 6) is -0.615. The lowest BCUT2D eigenvalue weighted by molar-refractivity contribution is 0.0961. The third-order valence-electron chi connectivity index (χ3n) is 3.44. The van der Waals surface area contributed by atoms with E-state index in [0.717, 1.165) is 11.3 Å². The van der Waals surface area contributed by atoms with Crippen molar-refractivity contribution in [2.75, 3.05) is 11.8 Å². The minimum absolute atomic E-state index is 0.0690. The van der Waals surface area contributed by atoms with Crippen LogP contribution >= 0.6 is 11.3 Å². The number of nitrogens with two attached hydrogens (primary N) is 1. The fourth-order valence-corrected chi connectivity index (χ4v) is 4.55. The molecule has 9 heteroatoms. The number of fused-ring (bicyclic) bond motifs is 1. The minimum atomic E-state index is -3.71. The number of ether oxygens (including phenoxy) is 1. The minimum Gasteiger partial charge on any atom is -0.364 e. The smallest absolute Gasteiger partial charge is 0.271 e. The topological polar surface area (TPSA) is 103 Å². The van der Waals surface area contributed by atoms with E-state index in [0.29, 0.717) is 16.6 Å². The zero-order chi connectivity index (χ0) is 17.3. The van der Waals surface area contributed by atoms with Crippen molar-refractivity contribution in [1.29, 1.82) is 0 Å². The molecule has 0 spiro atoms. The van der Waals surface area contributed by atoms with Crippen molar-refractivity contribution >= 4 is 43.9 Å². The molecule has 0 aliphatic rings. The number of sulfonamides is 1. The number of carbonyl (C=O) groups is 1. The van der Waals surface area contributed by atoms with Crippen molar-refractivity contribution in [1.82, 2.24) is 4.57 Å². The molecule has 0 aliphatic heterocycles. The van der Waals surface area contributed by atoms with E-state index in [1.807, 2.05) is 0 Å². The SMILES string of the molecule is COCn1c(C(N)=O)cc2cccc(NS(=O)(=O)c3cccs3)c21.